The molecule has 0 saturated heterocycles. The van der Waals surface area contributed by atoms with Gasteiger partial charge in [0.1, 0.15) is 5.15 Å². The Bertz CT molecular complexity index is 528. The van der Waals surface area contributed by atoms with E-state index in [9.17, 15) is 0 Å². The van der Waals surface area contributed by atoms with Crippen LogP contribution in [0.3, 0.4) is 0 Å². The van der Waals surface area contributed by atoms with E-state index in [1.54, 1.807) is 12.3 Å². The minimum atomic E-state index is 0.0711. The van der Waals surface area contributed by atoms with Crippen molar-refractivity contribution < 1.29 is 5.11 Å². The van der Waals surface area contributed by atoms with Crippen LogP contribution in [0.5, 0.6) is 0 Å². The summed E-state index contributed by atoms with van der Waals surface area (Å²) in [5, 5.41) is 13.1. The summed E-state index contributed by atoms with van der Waals surface area (Å²) in [4.78, 5) is 4.05. The first-order valence-electron chi connectivity index (χ1n) is 6.22. The molecular weight excluding hydrogens is 260 g/mol. The van der Waals surface area contributed by atoms with Gasteiger partial charge in [-0.1, -0.05) is 41.9 Å². The fourth-order valence-corrected chi connectivity index (χ4v) is 1.97. The molecule has 4 heteroatoms. The normalized spacial score (nSPS) is 12.4. The molecule has 0 radical (unpaired) electrons. The largest absolute Gasteiger partial charge is 0.392 e. The lowest BCUT2D eigenvalue weighted by Crippen LogP contribution is -2.18. The Morgan fingerprint density at radius 3 is 2.79 bits per heavy atom. The molecule has 2 N–H and O–H groups in total. The monoisotopic (exact) mass is 276 g/mol. The van der Waals surface area contributed by atoms with Crippen molar-refractivity contribution in [3.63, 3.8) is 0 Å². The van der Waals surface area contributed by atoms with Crippen molar-refractivity contribution in [3.8, 4) is 0 Å². The van der Waals surface area contributed by atoms with Gasteiger partial charge in [0.15, 0.2) is 0 Å². The minimum absolute atomic E-state index is 0.0711. The van der Waals surface area contributed by atoms with Crippen molar-refractivity contribution >= 4 is 11.6 Å². The van der Waals surface area contributed by atoms with E-state index in [1.807, 2.05) is 24.3 Å². The average molecular weight is 277 g/mol. The van der Waals surface area contributed by atoms with Gasteiger partial charge in [-0.25, -0.2) is 4.98 Å². The first-order chi connectivity index (χ1) is 9.19. The molecule has 2 aromatic rings. The first-order valence-corrected chi connectivity index (χ1v) is 6.60. The van der Waals surface area contributed by atoms with E-state index in [4.69, 9.17) is 16.7 Å². The summed E-state index contributed by atoms with van der Waals surface area (Å²) >= 11 is 5.75. The highest BCUT2D eigenvalue weighted by molar-refractivity contribution is 6.29. The summed E-state index contributed by atoms with van der Waals surface area (Å²) in [5.74, 6) is 0. The van der Waals surface area contributed by atoms with Crippen LogP contribution in [0.1, 0.15) is 29.7 Å². The third-order valence-electron chi connectivity index (χ3n) is 3.03. The number of hydrogen-bond donors (Lipinski definition) is 2. The minimum Gasteiger partial charge on any atom is -0.392 e. The van der Waals surface area contributed by atoms with Gasteiger partial charge in [-0.3, -0.25) is 0 Å². The molecule has 1 aromatic carbocycles. The summed E-state index contributed by atoms with van der Waals surface area (Å²) in [6, 6.07) is 11.9. The zero-order valence-corrected chi connectivity index (χ0v) is 11.6. The first kappa shape index (κ1) is 14.0. The molecule has 1 atom stereocenters. The summed E-state index contributed by atoms with van der Waals surface area (Å²) < 4.78 is 0. The van der Waals surface area contributed by atoms with Crippen LogP contribution in [0, 0.1) is 0 Å². The highest BCUT2D eigenvalue weighted by Crippen LogP contribution is 2.15. The molecule has 3 nitrogen and oxygen atoms in total. The molecule has 0 aliphatic heterocycles. The number of nitrogens with zero attached hydrogens (tertiary/aromatic N) is 1. The summed E-state index contributed by atoms with van der Waals surface area (Å²) in [6.07, 6.45) is 1.77. The van der Waals surface area contributed by atoms with Crippen molar-refractivity contribution in [2.75, 3.05) is 0 Å². The Balaban J connectivity index is 1.96. The highest BCUT2D eigenvalue weighted by Gasteiger charge is 2.05. The third-order valence-corrected chi connectivity index (χ3v) is 3.26. The second-order valence-electron chi connectivity index (χ2n) is 4.49. The number of nitrogens with one attached hydrogen (secondary N) is 1. The summed E-state index contributed by atoms with van der Waals surface area (Å²) in [5.41, 5.74) is 3.18. The number of aliphatic hydroxyl groups is 1. The van der Waals surface area contributed by atoms with Crippen molar-refractivity contribution in [2.45, 2.75) is 26.1 Å². The Labute approximate surface area is 118 Å². The molecule has 1 heterocycles. The number of aromatic nitrogens is 1. The van der Waals surface area contributed by atoms with Crippen LogP contribution < -0.4 is 5.32 Å². The van der Waals surface area contributed by atoms with E-state index in [-0.39, 0.29) is 12.6 Å². The van der Waals surface area contributed by atoms with Crippen molar-refractivity contribution in [2.24, 2.45) is 0 Å². The standard InChI is InChI=1S/C15H17ClN2O/c1-11(14-4-2-3-12(7-14)10-19)17-8-13-5-6-15(16)18-9-13/h2-7,9,11,17,19H,8,10H2,1H3. The van der Waals surface area contributed by atoms with Gasteiger partial charge in [-0.2, -0.15) is 0 Å². The van der Waals surface area contributed by atoms with E-state index in [1.165, 1.54) is 0 Å². The van der Waals surface area contributed by atoms with Gasteiger partial charge in [0.2, 0.25) is 0 Å². The quantitative estimate of drug-likeness (QED) is 0.825. The zero-order chi connectivity index (χ0) is 13.7. The molecule has 0 amide bonds. The predicted molar refractivity (Wildman–Crippen MR) is 76.9 cm³/mol. The lowest BCUT2D eigenvalue weighted by Gasteiger charge is -2.15. The Kier molecular flexibility index (Phi) is 4.91. The summed E-state index contributed by atoms with van der Waals surface area (Å²) in [7, 11) is 0. The van der Waals surface area contributed by atoms with E-state index in [2.05, 4.69) is 23.3 Å². The molecule has 1 unspecified atom stereocenters. The predicted octanol–water partition coefficient (Wildman–Crippen LogP) is 3.08. The van der Waals surface area contributed by atoms with Gasteiger partial charge in [0.05, 0.1) is 6.61 Å². The van der Waals surface area contributed by atoms with Crippen LogP contribution in [-0.4, -0.2) is 10.1 Å². The highest BCUT2D eigenvalue weighted by atomic mass is 35.5. The molecule has 0 aliphatic rings. The molecule has 0 bridgehead atoms. The Hall–Kier alpha value is -1.42. The molecule has 0 fully saturated rings. The molecule has 0 aliphatic carbocycles. The molecular formula is C15H17ClN2O. The second kappa shape index (κ2) is 6.66. The van der Waals surface area contributed by atoms with Crippen LogP contribution >= 0.6 is 11.6 Å². The van der Waals surface area contributed by atoms with E-state index in [0.717, 1.165) is 23.2 Å². The van der Waals surface area contributed by atoms with Crippen LogP contribution in [0.25, 0.3) is 0 Å². The Morgan fingerprint density at radius 2 is 2.11 bits per heavy atom. The SMILES string of the molecule is CC(NCc1ccc(Cl)nc1)c1cccc(CO)c1. The number of rotatable bonds is 5. The lowest BCUT2D eigenvalue weighted by molar-refractivity contribution is 0.281. The number of benzene rings is 1. The molecule has 1 aromatic heterocycles. The van der Waals surface area contributed by atoms with Crippen LogP contribution in [0.2, 0.25) is 5.15 Å². The van der Waals surface area contributed by atoms with Crippen LogP contribution in [-0.2, 0) is 13.2 Å². The number of hydrogen-bond acceptors (Lipinski definition) is 3. The van der Waals surface area contributed by atoms with Crippen molar-refractivity contribution in [1.29, 1.82) is 0 Å². The zero-order valence-electron chi connectivity index (χ0n) is 10.8. The molecule has 19 heavy (non-hydrogen) atoms. The Morgan fingerprint density at radius 1 is 1.26 bits per heavy atom. The number of pyridine rings is 1. The number of halogens is 1. The fourth-order valence-electron chi connectivity index (χ4n) is 1.86. The topological polar surface area (TPSA) is 45.2 Å². The average Bonchev–Trinajstić information content (AvgIpc) is 2.46. The molecule has 2 rings (SSSR count). The van der Waals surface area contributed by atoms with Crippen LogP contribution in [0.15, 0.2) is 42.6 Å². The number of aliphatic hydroxyl groups excluding tert-OH is 1. The fraction of sp³-hybridized carbons (Fsp3) is 0.267. The van der Waals surface area contributed by atoms with Gasteiger partial charge in [0, 0.05) is 18.8 Å². The van der Waals surface area contributed by atoms with Crippen molar-refractivity contribution in [1.82, 2.24) is 10.3 Å². The molecule has 100 valence electrons. The van der Waals surface area contributed by atoms with Gasteiger partial charge >= 0.3 is 0 Å². The lowest BCUT2D eigenvalue weighted by atomic mass is 10.1. The second-order valence-corrected chi connectivity index (χ2v) is 4.88. The van der Waals surface area contributed by atoms with E-state index >= 15 is 0 Å². The smallest absolute Gasteiger partial charge is 0.129 e. The van der Waals surface area contributed by atoms with Gasteiger partial charge in [-0.05, 0) is 29.7 Å². The summed E-state index contributed by atoms with van der Waals surface area (Å²) in [6.45, 7) is 2.90. The van der Waals surface area contributed by atoms with Gasteiger partial charge in [0.25, 0.3) is 0 Å². The van der Waals surface area contributed by atoms with Gasteiger partial charge in [-0.15, -0.1) is 0 Å². The maximum absolute atomic E-state index is 9.14. The maximum atomic E-state index is 9.14. The van der Waals surface area contributed by atoms with Crippen LogP contribution in [0.4, 0.5) is 0 Å². The molecule has 0 spiro atoms. The third kappa shape index (κ3) is 4.03. The maximum Gasteiger partial charge on any atom is 0.129 e. The van der Waals surface area contributed by atoms with Crippen molar-refractivity contribution in [3.05, 3.63) is 64.4 Å². The van der Waals surface area contributed by atoms with E-state index in [0.29, 0.717) is 5.15 Å². The molecule has 0 saturated carbocycles. The van der Waals surface area contributed by atoms with Gasteiger partial charge < -0.3 is 10.4 Å². The van der Waals surface area contributed by atoms with E-state index < -0.39 is 0 Å².